The van der Waals surface area contributed by atoms with E-state index in [0.29, 0.717) is 5.75 Å². The molecule has 2 heterocycles. The molecule has 1 N–H and O–H groups in total. The van der Waals surface area contributed by atoms with Crippen molar-refractivity contribution in [3.8, 4) is 16.3 Å². The maximum absolute atomic E-state index is 10.5. The molecule has 3 heteroatoms. The van der Waals surface area contributed by atoms with Crippen molar-refractivity contribution in [3.63, 3.8) is 0 Å². The van der Waals surface area contributed by atoms with E-state index in [1.165, 1.54) is 5.56 Å². The highest BCUT2D eigenvalue weighted by Crippen LogP contribution is 2.43. The summed E-state index contributed by atoms with van der Waals surface area (Å²) >= 11 is 1.59. The van der Waals surface area contributed by atoms with E-state index in [-0.39, 0.29) is 0 Å². The van der Waals surface area contributed by atoms with Crippen molar-refractivity contribution in [3.05, 3.63) is 60.2 Å². The largest absolute Gasteiger partial charge is 0.506 e. The van der Waals surface area contributed by atoms with Gasteiger partial charge in [-0.05, 0) is 36.8 Å². The zero-order valence-corrected chi connectivity index (χ0v) is 12.3. The Morgan fingerprint density at radius 3 is 2.76 bits per heavy atom. The number of nitrogens with zero attached hydrogens (tertiary/aromatic N) is 1. The molecule has 0 amide bonds. The summed E-state index contributed by atoms with van der Waals surface area (Å²) in [6.07, 6.45) is 0. The third-order valence-electron chi connectivity index (χ3n) is 3.65. The van der Waals surface area contributed by atoms with Crippen molar-refractivity contribution in [1.82, 2.24) is 4.98 Å². The summed E-state index contributed by atoms with van der Waals surface area (Å²) in [6, 6.07) is 18.1. The topological polar surface area (TPSA) is 33.1 Å². The molecule has 2 aromatic heterocycles. The smallest absolute Gasteiger partial charge is 0.143 e. The molecule has 4 aromatic rings. The number of hydrogen-bond acceptors (Lipinski definition) is 3. The Morgan fingerprint density at radius 1 is 1.00 bits per heavy atom. The molecular weight excluding hydrogens is 278 g/mol. The molecule has 0 aliphatic carbocycles. The number of aryl methyl sites for hydroxylation is 1. The first kappa shape index (κ1) is 12.4. The van der Waals surface area contributed by atoms with Crippen molar-refractivity contribution in [2.75, 3.05) is 0 Å². The molecule has 0 fully saturated rings. The van der Waals surface area contributed by atoms with Crippen LogP contribution < -0.4 is 0 Å². The first-order valence-corrected chi connectivity index (χ1v) is 7.62. The van der Waals surface area contributed by atoms with Crippen molar-refractivity contribution >= 4 is 32.3 Å². The Morgan fingerprint density at radius 2 is 1.86 bits per heavy atom. The number of aromatic hydroxyl groups is 1. The SMILES string of the molecule is Cc1ccc2c(O)c(-c3ccc4ccccc4n3)sc2c1. The van der Waals surface area contributed by atoms with Crippen LogP contribution in [0, 0.1) is 6.92 Å². The minimum atomic E-state index is 0.331. The standard InChI is InChI=1S/C18H13NOS/c1-11-6-8-13-16(10-11)21-18(17(13)20)15-9-7-12-4-2-3-5-14(12)19-15/h2-10,20H,1H3. The van der Waals surface area contributed by atoms with Gasteiger partial charge in [-0.3, -0.25) is 0 Å². The first-order valence-electron chi connectivity index (χ1n) is 6.81. The van der Waals surface area contributed by atoms with Crippen LogP contribution in [0.4, 0.5) is 0 Å². The average Bonchev–Trinajstić information content (AvgIpc) is 2.83. The second-order valence-corrected chi connectivity index (χ2v) is 6.22. The predicted octanol–water partition coefficient (Wildman–Crippen LogP) is 5.13. The molecule has 0 saturated heterocycles. The summed E-state index contributed by atoms with van der Waals surface area (Å²) in [4.78, 5) is 5.51. The van der Waals surface area contributed by atoms with E-state index in [9.17, 15) is 5.11 Å². The third-order valence-corrected chi connectivity index (χ3v) is 4.81. The lowest BCUT2D eigenvalue weighted by molar-refractivity contribution is 0.485. The minimum Gasteiger partial charge on any atom is -0.506 e. The van der Waals surface area contributed by atoms with Crippen LogP contribution in [0.25, 0.3) is 31.6 Å². The maximum atomic E-state index is 10.5. The van der Waals surface area contributed by atoms with Gasteiger partial charge in [0.05, 0.1) is 16.1 Å². The number of para-hydroxylation sites is 1. The molecule has 21 heavy (non-hydrogen) atoms. The van der Waals surface area contributed by atoms with Crippen molar-refractivity contribution < 1.29 is 5.11 Å². The molecule has 0 saturated carbocycles. The molecule has 2 nitrogen and oxygen atoms in total. The predicted molar refractivity (Wildman–Crippen MR) is 89.0 cm³/mol. The van der Waals surface area contributed by atoms with E-state index in [0.717, 1.165) is 31.6 Å². The van der Waals surface area contributed by atoms with Crippen LogP contribution >= 0.6 is 11.3 Å². The van der Waals surface area contributed by atoms with Gasteiger partial charge in [-0.15, -0.1) is 11.3 Å². The van der Waals surface area contributed by atoms with Gasteiger partial charge in [0.25, 0.3) is 0 Å². The van der Waals surface area contributed by atoms with Crippen LogP contribution in [0.15, 0.2) is 54.6 Å². The van der Waals surface area contributed by atoms with Gasteiger partial charge in [0.2, 0.25) is 0 Å². The lowest BCUT2D eigenvalue weighted by atomic mass is 10.1. The van der Waals surface area contributed by atoms with Crippen LogP contribution in [0.2, 0.25) is 0 Å². The summed E-state index contributed by atoms with van der Waals surface area (Å²) in [5.41, 5.74) is 2.97. The molecule has 0 radical (unpaired) electrons. The van der Waals surface area contributed by atoms with E-state index < -0.39 is 0 Å². The molecule has 102 valence electrons. The highest BCUT2D eigenvalue weighted by molar-refractivity contribution is 7.22. The number of fused-ring (bicyclic) bond motifs is 2. The van der Waals surface area contributed by atoms with Crippen molar-refractivity contribution in [1.29, 1.82) is 0 Å². The van der Waals surface area contributed by atoms with Gasteiger partial charge in [-0.25, -0.2) is 4.98 Å². The van der Waals surface area contributed by atoms with Crippen LogP contribution in [-0.4, -0.2) is 10.1 Å². The van der Waals surface area contributed by atoms with Gasteiger partial charge >= 0.3 is 0 Å². The second kappa shape index (κ2) is 4.57. The average molecular weight is 291 g/mol. The van der Waals surface area contributed by atoms with Gasteiger partial charge in [0.1, 0.15) is 5.75 Å². The van der Waals surface area contributed by atoms with Crippen LogP contribution in [-0.2, 0) is 0 Å². The zero-order chi connectivity index (χ0) is 14.4. The molecule has 0 unspecified atom stereocenters. The molecular formula is C18H13NOS. The third kappa shape index (κ3) is 1.98. The van der Waals surface area contributed by atoms with E-state index in [2.05, 4.69) is 18.0 Å². The van der Waals surface area contributed by atoms with E-state index >= 15 is 0 Å². The molecule has 0 atom stereocenters. The van der Waals surface area contributed by atoms with Crippen molar-refractivity contribution in [2.45, 2.75) is 6.92 Å². The first-order chi connectivity index (χ1) is 10.2. The number of hydrogen-bond donors (Lipinski definition) is 1. The summed E-state index contributed by atoms with van der Waals surface area (Å²) in [6.45, 7) is 2.06. The Kier molecular flexibility index (Phi) is 2.69. The van der Waals surface area contributed by atoms with E-state index in [4.69, 9.17) is 0 Å². The fraction of sp³-hybridized carbons (Fsp3) is 0.0556. The minimum absolute atomic E-state index is 0.331. The van der Waals surface area contributed by atoms with E-state index in [1.54, 1.807) is 11.3 Å². The number of aromatic nitrogens is 1. The lowest BCUT2D eigenvalue weighted by Crippen LogP contribution is -1.82. The quantitative estimate of drug-likeness (QED) is 0.527. The maximum Gasteiger partial charge on any atom is 0.143 e. The second-order valence-electron chi connectivity index (χ2n) is 5.17. The Hall–Kier alpha value is -2.39. The normalized spacial score (nSPS) is 11.3. The van der Waals surface area contributed by atoms with Gasteiger partial charge in [-0.2, -0.15) is 0 Å². The van der Waals surface area contributed by atoms with Crippen LogP contribution in [0.1, 0.15) is 5.56 Å². The van der Waals surface area contributed by atoms with Gasteiger partial charge in [0.15, 0.2) is 0 Å². The zero-order valence-electron chi connectivity index (χ0n) is 11.5. The van der Waals surface area contributed by atoms with Crippen LogP contribution in [0.3, 0.4) is 0 Å². The summed E-state index contributed by atoms with van der Waals surface area (Å²) in [5.74, 6) is 0.331. The fourth-order valence-corrected chi connectivity index (χ4v) is 3.72. The van der Waals surface area contributed by atoms with Gasteiger partial charge in [-0.1, -0.05) is 30.3 Å². The molecule has 0 spiro atoms. The van der Waals surface area contributed by atoms with E-state index in [1.807, 2.05) is 48.5 Å². The number of pyridine rings is 1. The Labute approximate surface area is 126 Å². The molecule has 0 aliphatic heterocycles. The highest BCUT2D eigenvalue weighted by atomic mass is 32.1. The highest BCUT2D eigenvalue weighted by Gasteiger charge is 2.14. The number of thiophene rings is 1. The number of rotatable bonds is 1. The molecule has 4 rings (SSSR count). The van der Waals surface area contributed by atoms with Crippen LogP contribution in [0.5, 0.6) is 5.75 Å². The molecule has 2 aromatic carbocycles. The molecule has 0 aliphatic rings. The Balaban J connectivity index is 1.97. The van der Waals surface area contributed by atoms with Gasteiger partial charge < -0.3 is 5.11 Å². The fourth-order valence-electron chi connectivity index (χ4n) is 2.56. The summed E-state index contributed by atoms with van der Waals surface area (Å²) in [7, 11) is 0. The lowest BCUT2D eigenvalue weighted by Gasteiger charge is -2.01. The monoisotopic (exact) mass is 291 g/mol. The number of benzene rings is 2. The summed E-state index contributed by atoms with van der Waals surface area (Å²) in [5, 5.41) is 12.5. The Bertz CT molecular complexity index is 971. The van der Waals surface area contributed by atoms with Gasteiger partial charge in [0, 0.05) is 15.5 Å². The van der Waals surface area contributed by atoms with Crippen molar-refractivity contribution in [2.24, 2.45) is 0 Å². The molecule has 0 bridgehead atoms. The summed E-state index contributed by atoms with van der Waals surface area (Å²) < 4.78 is 1.09.